The smallest absolute Gasteiger partial charge is 0.203 e. The molecule has 14 heteroatoms. The van der Waals surface area contributed by atoms with Gasteiger partial charge in [-0.1, -0.05) is 0 Å². The zero-order valence-electron chi connectivity index (χ0n) is 27.1. The van der Waals surface area contributed by atoms with E-state index in [0.717, 1.165) is 11.0 Å². The van der Waals surface area contributed by atoms with Crippen LogP contribution in [0.2, 0.25) is 0 Å². The van der Waals surface area contributed by atoms with Gasteiger partial charge in [0.15, 0.2) is 23.0 Å². The van der Waals surface area contributed by atoms with Gasteiger partial charge in [-0.15, -0.1) is 0 Å². The minimum atomic E-state index is -0.104. The second-order valence-electron chi connectivity index (χ2n) is 10.2. The van der Waals surface area contributed by atoms with Crippen molar-refractivity contribution in [3.8, 4) is 69.6 Å². The van der Waals surface area contributed by atoms with Gasteiger partial charge in [-0.3, -0.25) is 0 Å². The van der Waals surface area contributed by atoms with Crippen molar-refractivity contribution in [2.45, 2.75) is 0 Å². The van der Waals surface area contributed by atoms with Crippen LogP contribution in [0.3, 0.4) is 0 Å². The summed E-state index contributed by atoms with van der Waals surface area (Å²) in [6.45, 7) is 0. The highest BCUT2D eigenvalue weighted by Gasteiger charge is 2.17. The van der Waals surface area contributed by atoms with Gasteiger partial charge in [-0.2, -0.15) is 10.5 Å². The molecule has 0 bridgehead atoms. The lowest BCUT2D eigenvalue weighted by Crippen LogP contribution is -1.96. The van der Waals surface area contributed by atoms with Crippen LogP contribution in [0.5, 0.6) is 57.5 Å². The Morgan fingerprint density at radius 2 is 0.939 bits per heavy atom. The number of nitrogens with zero attached hydrogens (tertiary/aromatic N) is 2. The minimum absolute atomic E-state index is 0.104. The molecule has 0 aliphatic heterocycles. The van der Waals surface area contributed by atoms with Crippen LogP contribution < -0.4 is 44.6 Å². The van der Waals surface area contributed by atoms with Crippen LogP contribution in [0.4, 0.5) is 11.6 Å². The van der Waals surface area contributed by atoms with E-state index in [-0.39, 0.29) is 17.2 Å². The summed E-state index contributed by atoms with van der Waals surface area (Å²) in [7, 11) is 7.48. The van der Waals surface area contributed by atoms with Crippen LogP contribution in [0.1, 0.15) is 11.1 Å². The van der Waals surface area contributed by atoms with Gasteiger partial charge >= 0.3 is 0 Å². The van der Waals surface area contributed by atoms with Crippen molar-refractivity contribution in [3.05, 3.63) is 71.8 Å². The third-order valence-corrected chi connectivity index (χ3v) is 7.38. The highest BCUT2D eigenvalue weighted by Crippen LogP contribution is 2.43. The number of benzene rings is 4. The van der Waals surface area contributed by atoms with Crippen LogP contribution in [0.15, 0.2) is 60.7 Å². The maximum Gasteiger partial charge on any atom is 0.203 e. The molecule has 0 radical (unpaired) electrons. The largest absolute Gasteiger partial charge is 0.502 e. The van der Waals surface area contributed by atoms with Crippen LogP contribution in [0, 0.1) is 22.7 Å². The number of nitrogen functional groups attached to an aromatic ring is 2. The molecule has 0 aliphatic carbocycles. The van der Waals surface area contributed by atoms with Crippen molar-refractivity contribution in [3.63, 3.8) is 0 Å². The Balaban J connectivity index is 0.000000191. The third kappa shape index (κ3) is 6.61. The predicted molar refractivity (Wildman–Crippen MR) is 182 cm³/mol. The summed E-state index contributed by atoms with van der Waals surface area (Å²) < 4.78 is 37.8. The molecule has 0 aliphatic rings. The maximum atomic E-state index is 9.93. The van der Waals surface area contributed by atoms with Crippen molar-refractivity contribution >= 4 is 33.4 Å². The van der Waals surface area contributed by atoms with Gasteiger partial charge in [-0.25, -0.2) is 0 Å². The monoisotopic (exact) mass is 664 g/mol. The van der Waals surface area contributed by atoms with E-state index >= 15 is 0 Å². The maximum absolute atomic E-state index is 9.93. The molecule has 0 atom stereocenters. The number of hydrogen-bond acceptors (Lipinski definition) is 12. The molecule has 4 aromatic carbocycles. The van der Waals surface area contributed by atoms with E-state index in [4.69, 9.17) is 44.6 Å². The standard InChI is InChI=1S/C18H17N3O4.C17H15N3O4/c1-22-15-7-11(8-16(23-2)17(15)24-3)25-10-4-5-14-12(6-10)13(9-19)18(20)21-14;1-22-14-6-10(7-15(23-2)16(14)21)24-9-3-4-13-11(5-9)12(8-18)17(19)20-13/h4-8,21H,20H2,1-3H3;3-7,20-21H,19H2,1-2H3. The normalized spacial score (nSPS) is 10.3. The zero-order chi connectivity index (χ0) is 35.2. The van der Waals surface area contributed by atoms with E-state index < -0.39 is 0 Å². The van der Waals surface area contributed by atoms with E-state index in [0.29, 0.717) is 73.8 Å². The number of aromatic nitrogens is 2. The summed E-state index contributed by atoms with van der Waals surface area (Å²) in [6, 6.07) is 21.2. The number of aromatic hydroxyl groups is 1. The first kappa shape index (κ1) is 33.3. The molecule has 0 spiro atoms. The molecule has 2 aromatic heterocycles. The van der Waals surface area contributed by atoms with Crippen LogP contribution in [0.25, 0.3) is 21.8 Å². The average Bonchev–Trinajstić information content (AvgIpc) is 3.61. The van der Waals surface area contributed by atoms with Crippen molar-refractivity contribution < 1.29 is 38.3 Å². The number of H-pyrrole nitrogens is 2. The number of hydrogen-bond donors (Lipinski definition) is 5. The number of anilines is 2. The molecule has 6 aromatic rings. The summed E-state index contributed by atoms with van der Waals surface area (Å²) in [5, 5.41) is 29.7. The number of phenolic OH excluding ortho intramolecular Hbond substituents is 1. The van der Waals surface area contributed by atoms with E-state index in [1.54, 1.807) is 60.7 Å². The number of nitriles is 2. The molecule has 6 rings (SSSR count). The third-order valence-electron chi connectivity index (χ3n) is 7.38. The van der Waals surface area contributed by atoms with Gasteiger partial charge in [0.2, 0.25) is 11.5 Å². The lowest BCUT2D eigenvalue weighted by molar-refractivity contribution is 0.321. The highest BCUT2D eigenvalue weighted by molar-refractivity contribution is 5.93. The Bertz CT molecular complexity index is 2200. The lowest BCUT2D eigenvalue weighted by Gasteiger charge is -2.14. The van der Waals surface area contributed by atoms with Crippen LogP contribution in [-0.4, -0.2) is 50.6 Å². The molecule has 0 fully saturated rings. The number of nitrogens with one attached hydrogen (secondary N) is 2. The zero-order valence-corrected chi connectivity index (χ0v) is 27.1. The number of rotatable bonds is 9. The van der Waals surface area contributed by atoms with Gasteiger partial charge < -0.3 is 59.7 Å². The van der Waals surface area contributed by atoms with Crippen molar-refractivity contribution in [2.24, 2.45) is 0 Å². The van der Waals surface area contributed by atoms with Crippen molar-refractivity contribution in [2.75, 3.05) is 47.0 Å². The molecule has 0 amide bonds. The highest BCUT2D eigenvalue weighted by atomic mass is 16.5. The fourth-order valence-electron chi connectivity index (χ4n) is 5.07. The average molecular weight is 665 g/mol. The number of methoxy groups -OCH3 is 5. The number of aromatic amines is 2. The van der Waals surface area contributed by atoms with E-state index in [1.807, 2.05) is 0 Å². The molecule has 49 heavy (non-hydrogen) atoms. The van der Waals surface area contributed by atoms with Crippen molar-refractivity contribution in [1.29, 1.82) is 10.5 Å². The van der Waals surface area contributed by atoms with E-state index in [2.05, 4.69) is 22.1 Å². The number of ether oxygens (including phenoxy) is 7. The predicted octanol–water partition coefficient (Wildman–Crippen LogP) is 6.58. The van der Waals surface area contributed by atoms with Crippen LogP contribution in [-0.2, 0) is 0 Å². The second-order valence-corrected chi connectivity index (χ2v) is 10.2. The molecule has 14 nitrogen and oxygen atoms in total. The Morgan fingerprint density at radius 3 is 1.29 bits per heavy atom. The Hall–Kier alpha value is -7.06. The SMILES string of the molecule is COc1cc(Oc2ccc3[nH]c(N)c(C#N)c3c2)cc(OC)c1O.COc1cc(Oc2ccc3[nH]c(N)c(C#N)c3c2)cc(OC)c1OC. The molecule has 0 unspecified atom stereocenters. The molecule has 7 N–H and O–H groups in total. The van der Waals surface area contributed by atoms with E-state index in [1.165, 1.54) is 35.5 Å². The summed E-state index contributed by atoms with van der Waals surface area (Å²) in [5.41, 5.74) is 13.9. The number of fused-ring (bicyclic) bond motifs is 2. The van der Waals surface area contributed by atoms with Gasteiger partial charge in [0.1, 0.15) is 57.9 Å². The molecule has 0 saturated carbocycles. The second kappa shape index (κ2) is 14.1. The quantitative estimate of drug-likeness (QED) is 0.111. The summed E-state index contributed by atoms with van der Waals surface area (Å²) in [6.07, 6.45) is 0. The topological polar surface area (TPSA) is 216 Å². The molecule has 2 heterocycles. The number of nitrogens with two attached hydrogens (primary N) is 2. The lowest BCUT2D eigenvalue weighted by atomic mass is 10.1. The molecule has 250 valence electrons. The Morgan fingerprint density at radius 1 is 0.551 bits per heavy atom. The molecular formula is C35H32N6O8. The van der Waals surface area contributed by atoms with Gasteiger partial charge in [-0.05, 0) is 36.4 Å². The first-order valence-electron chi connectivity index (χ1n) is 14.4. The summed E-state index contributed by atoms with van der Waals surface area (Å²) >= 11 is 0. The first-order chi connectivity index (χ1) is 23.7. The summed E-state index contributed by atoms with van der Waals surface area (Å²) in [4.78, 5) is 5.90. The van der Waals surface area contributed by atoms with Gasteiger partial charge in [0, 0.05) is 46.1 Å². The summed E-state index contributed by atoms with van der Waals surface area (Å²) in [5.74, 6) is 4.46. The Kier molecular flexibility index (Phi) is 9.62. The van der Waals surface area contributed by atoms with Gasteiger partial charge in [0.25, 0.3) is 0 Å². The Labute approximate surface area is 280 Å². The minimum Gasteiger partial charge on any atom is -0.502 e. The fourth-order valence-corrected chi connectivity index (χ4v) is 5.07. The van der Waals surface area contributed by atoms with Gasteiger partial charge in [0.05, 0.1) is 35.5 Å². The fraction of sp³-hybridized carbons (Fsp3) is 0.143. The molecule has 0 saturated heterocycles. The first-order valence-corrected chi connectivity index (χ1v) is 14.4. The van der Waals surface area contributed by atoms with Crippen LogP contribution >= 0.6 is 0 Å². The van der Waals surface area contributed by atoms with E-state index in [9.17, 15) is 15.6 Å². The molecular weight excluding hydrogens is 632 g/mol. The number of phenols is 1. The van der Waals surface area contributed by atoms with Crippen molar-refractivity contribution in [1.82, 2.24) is 9.97 Å².